The molecule has 0 aliphatic carbocycles. The molecule has 2 aromatic carbocycles. The van der Waals surface area contributed by atoms with E-state index in [-0.39, 0.29) is 17.9 Å². The molecule has 5 heteroatoms. The van der Waals surface area contributed by atoms with E-state index in [9.17, 15) is 9.59 Å². The number of nitrogens with one attached hydrogen (secondary N) is 1. The average Bonchev–Trinajstić information content (AvgIpc) is 2.64. The number of hydrogen-bond acceptors (Lipinski definition) is 3. The zero-order valence-corrected chi connectivity index (χ0v) is 19.7. The molecule has 0 bridgehead atoms. The largest absolute Gasteiger partial charge is 0.459 e. The van der Waals surface area contributed by atoms with Gasteiger partial charge in [0.25, 0.3) is 5.91 Å². The van der Waals surface area contributed by atoms with E-state index in [4.69, 9.17) is 16.3 Å². The van der Waals surface area contributed by atoms with Crippen LogP contribution in [0.25, 0.3) is 0 Å². The van der Waals surface area contributed by atoms with Gasteiger partial charge in [-0.1, -0.05) is 70.5 Å². The second-order valence-corrected chi connectivity index (χ2v) is 9.53. The van der Waals surface area contributed by atoms with E-state index in [0.717, 1.165) is 16.7 Å². The second-order valence-electron chi connectivity index (χ2n) is 9.12. The minimum atomic E-state index is -0.761. The predicted molar refractivity (Wildman–Crippen MR) is 122 cm³/mol. The van der Waals surface area contributed by atoms with Crippen molar-refractivity contribution in [2.75, 3.05) is 0 Å². The molecule has 1 N–H and O–H groups in total. The van der Waals surface area contributed by atoms with Gasteiger partial charge >= 0.3 is 5.97 Å². The van der Waals surface area contributed by atoms with Crippen LogP contribution in [0.2, 0.25) is 5.02 Å². The van der Waals surface area contributed by atoms with Gasteiger partial charge in [-0.2, -0.15) is 0 Å². The number of ether oxygens (including phenoxy) is 1. The highest BCUT2D eigenvalue weighted by molar-refractivity contribution is 6.33. The standard InChI is InChI=1S/C25H32ClNO3/c1-15(2)22(27-23(28)19-10-8-9-11-21(19)26)24(29)30-14-20-16(3)12-18(13-17(20)4)25(5,6)7/h8-13,15,22H,14H2,1-7H3,(H,27,28). The second kappa shape index (κ2) is 9.65. The van der Waals surface area contributed by atoms with Gasteiger partial charge in [-0.05, 0) is 59.6 Å². The van der Waals surface area contributed by atoms with E-state index < -0.39 is 17.9 Å². The molecule has 0 aliphatic rings. The zero-order chi connectivity index (χ0) is 22.6. The summed E-state index contributed by atoms with van der Waals surface area (Å²) in [4.78, 5) is 25.4. The third kappa shape index (κ3) is 5.85. The summed E-state index contributed by atoms with van der Waals surface area (Å²) in [5.74, 6) is -0.975. The van der Waals surface area contributed by atoms with Crippen molar-refractivity contribution < 1.29 is 14.3 Å². The van der Waals surface area contributed by atoms with Crippen molar-refractivity contribution in [2.24, 2.45) is 5.92 Å². The van der Waals surface area contributed by atoms with Crippen molar-refractivity contribution in [2.45, 2.75) is 66.5 Å². The minimum Gasteiger partial charge on any atom is -0.459 e. The lowest BCUT2D eigenvalue weighted by Crippen LogP contribution is -2.45. The quantitative estimate of drug-likeness (QED) is 0.594. The van der Waals surface area contributed by atoms with Crippen molar-refractivity contribution in [3.63, 3.8) is 0 Å². The van der Waals surface area contributed by atoms with Crippen molar-refractivity contribution in [3.05, 3.63) is 69.2 Å². The van der Waals surface area contributed by atoms with Crippen molar-refractivity contribution in [1.82, 2.24) is 5.32 Å². The number of benzene rings is 2. The Kier molecular flexibility index (Phi) is 7.70. The number of esters is 1. The molecule has 0 fully saturated rings. The molecule has 1 atom stereocenters. The summed E-state index contributed by atoms with van der Waals surface area (Å²) in [7, 11) is 0. The highest BCUT2D eigenvalue weighted by Gasteiger charge is 2.27. The predicted octanol–water partition coefficient (Wildman–Crippen LogP) is 5.75. The van der Waals surface area contributed by atoms with Crippen LogP contribution in [-0.4, -0.2) is 17.9 Å². The van der Waals surface area contributed by atoms with Gasteiger partial charge in [0.05, 0.1) is 10.6 Å². The fraction of sp³-hybridized carbons (Fsp3) is 0.440. The highest BCUT2D eigenvalue weighted by Crippen LogP contribution is 2.27. The van der Waals surface area contributed by atoms with Crippen molar-refractivity contribution in [3.8, 4) is 0 Å². The van der Waals surface area contributed by atoms with Crippen LogP contribution in [0.15, 0.2) is 36.4 Å². The third-order valence-corrected chi connectivity index (χ3v) is 5.58. The summed E-state index contributed by atoms with van der Waals surface area (Å²) in [5.41, 5.74) is 4.82. The van der Waals surface area contributed by atoms with E-state index in [2.05, 4.69) is 38.2 Å². The van der Waals surface area contributed by atoms with Gasteiger partial charge in [-0.3, -0.25) is 4.79 Å². The van der Waals surface area contributed by atoms with Crippen molar-refractivity contribution in [1.29, 1.82) is 0 Å². The Morgan fingerprint density at radius 2 is 1.63 bits per heavy atom. The SMILES string of the molecule is Cc1cc(C(C)(C)C)cc(C)c1COC(=O)C(NC(=O)c1ccccc1Cl)C(C)C. The summed E-state index contributed by atoms with van der Waals surface area (Å²) in [6, 6.07) is 10.3. The highest BCUT2D eigenvalue weighted by atomic mass is 35.5. The third-order valence-electron chi connectivity index (χ3n) is 5.25. The van der Waals surface area contributed by atoms with E-state index >= 15 is 0 Å². The summed E-state index contributed by atoms with van der Waals surface area (Å²) in [6.45, 7) is 14.5. The number of hydrogen-bond donors (Lipinski definition) is 1. The Bertz CT molecular complexity index is 905. The molecule has 0 radical (unpaired) electrons. The fourth-order valence-corrected chi connectivity index (χ4v) is 3.47. The molecule has 1 amide bonds. The first-order chi connectivity index (χ1) is 13.9. The van der Waals surface area contributed by atoms with Crippen LogP contribution in [0.3, 0.4) is 0 Å². The summed E-state index contributed by atoms with van der Waals surface area (Å²) in [5, 5.41) is 3.11. The smallest absolute Gasteiger partial charge is 0.329 e. The molecule has 0 aliphatic heterocycles. The van der Waals surface area contributed by atoms with Crippen molar-refractivity contribution >= 4 is 23.5 Å². The van der Waals surface area contributed by atoms with Gasteiger partial charge in [0.2, 0.25) is 0 Å². The molecular formula is C25H32ClNO3. The number of carbonyl (C=O) groups is 2. The Hall–Kier alpha value is -2.33. The Labute approximate surface area is 185 Å². The lowest BCUT2D eigenvalue weighted by atomic mass is 9.84. The van der Waals surface area contributed by atoms with Crippen LogP contribution in [-0.2, 0) is 21.6 Å². The summed E-state index contributed by atoms with van der Waals surface area (Å²) in [6.07, 6.45) is 0. The summed E-state index contributed by atoms with van der Waals surface area (Å²) < 4.78 is 5.62. The van der Waals surface area contributed by atoms with E-state index in [1.165, 1.54) is 5.56 Å². The van der Waals surface area contributed by atoms with Crippen LogP contribution < -0.4 is 5.32 Å². The molecular weight excluding hydrogens is 398 g/mol. The molecule has 0 heterocycles. The molecule has 0 aromatic heterocycles. The van der Waals surface area contributed by atoms with E-state index in [0.29, 0.717) is 10.6 Å². The molecule has 4 nitrogen and oxygen atoms in total. The zero-order valence-electron chi connectivity index (χ0n) is 18.9. The molecule has 1 unspecified atom stereocenters. The molecule has 0 saturated heterocycles. The minimum absolute atomic E-state index is 0.0520. The summed E-state index contributed by atoms with van der Waals surface area (Å²) >= 11 is 6.11. The maximum absolute atomic E-state index is 12.8. The van der Waals surface area contributed by atoms with Gasteiger partial charge in [0.15, 0.2) is 0 Å². The maximum Gasteiger partial charge on any atom is 0.329 e. The van der Waals surface area contributed by atoms with Crippen LogP contribution in [0, 0.1) is 19.8 Å². The molecule has 162 valence electrons. The monoisotopic (exact) mass is 429 g/mol. The molecule has 2 rings (SSSR count). The van der Waals surface area contributed by atoms with Crippen LogP contribution in [0.1, 0.15) is 67.2 Å². The number of carbonyl (C=O) groups excluding carboxylic acids is 2. The Balaban J connectivity index is 2.13. The van der Waals surface area contributed by atoms with Crippen LogP contribution in [0.5, 0.6) is 0 Å². The number of halogens is 1. The lowest BCUT2D eigenvalue weighted by molar-refractivity contribution is -0.148. The van der Waals surface area contributed by atoms with Gasteiger partial charge in [0, 0.05) is 0 Å². The Morgan fingerprint density at radius 3 is 2.13 bits per heavy atom. The van der Waals surface area contributed by atoms with Gasteiger partial charge in [0.1, 0.15) is 12.6 Å². The fourth-order valence-electron chi connectivity index (χ4n) is 3.25. The first kappa shape index (κ1) is 23.9. The van der Waals surface area contributed by atoms with Gasteiger partial charge in [-0.15, -0.1) is 0 Å². The molecule has 0 saturated carbocycles. The normalized spacial score (nSPS) is 12.6. The first-order valence-electron chi connectivity index (χ1n) is 10.2. The number of amides is 1. The Morgan fingerprint density at radius 1 is 1.07 bits per heavy atom. The van der Waals surface area contributed by atoms with Gasteiger partial charge < -0.3 is 10.1 Å². The average molecular weight is 430 g/mol. The lowest BCUT2D eigenvalue weighted by Gasteiger charge is -2.24. The molecule has 30 heavy (non-hydrogen) atoms. The van der Waals surface area contributed by atoms with E-state index in [1.807, 2.05) is 27.7 Å². The van der Waals surface area contributed by atoms with Gasteiger partial charge in [-0.25, -0.2) is 4.79 Å². The topological polar surface area (TPSA) is 55.4 Å². The van der Waals surface area contributed by atoms with E-state index in [1.54, 1.807) is 24.3 Å². The molecule has 2 aromatic rings. The van der Waals surface area contributed by atoms with Crippen LogP contribution in [0.4, 0.5) is 0 Å². The molecule has 0 spiro atoms. The maximum atomic E-state index is 12.8. The number of rotatable bonds is 6. The van der Waals surface area contributed by atoms with Crippen LogP contribution >= 0.6 is 11.6 Å². The first-order valence-corrected chi connectivity index (χ1v) is 10.6. The number of aryl methyl sites for hydroxylation is 2.